The molecule has 0 aliphatic heterocycles. The molecule has 0 aromatic heterocycles. The summed E-state index contributed by atoms with van der Waals surface area (Å²) < 4.78 is 0. The second kappa shape index (κ2) is 9.15. The average Bonchev–Trinajstić information content (AvgIpc) is 2.42. The van der Waals surface area contributed by atoms with Gasteiger partial charge in [0, 0.05) is 17.0 Å². The molecule has 0 radical (unpaired) electrons. The SMILES string of the molecule is CCCCCC/C(=C\Br)Sc1ccc([N+](=O)[O-])cc1. The molecule has 0 bridgehead atoms. The second-order valence-corrected chi connectivity index (χ2v) is 5.90. The third-order valence-corrected chi connectivity index (χ3v) is 4.64. The number of hydrogen-bond donors (Lipinski definition) is 0. The van der Waals surface area contributed by atoms with E-state index in [-0.39, 0.29) is 10.6 Å². The molecule has 1 aromatic rings. The molecule has 1 aromatic carbocycles. The molecule has 3 nitrogen and oxygen atoms in total. The van der Waals surface area contributed by atoms with Crippen molar-refractivity contribution in [2.75, 3.05) is 0 Å². The smallest absolute Gasteiger partial charge is 0.258 e. The molecular weight excluding hydrogens is 326 g/mol. The van der Waals surface area contributed by atoms with E-state index in [0.717, 1.165) is 11.3 Å². The van der Waals surface area contributed by atoms with E-state index < -0.39 is 0 Å². The Morgan fingerprint density at radius 1 is 1.32 bits per heavy atom. The summed E-state index contributed by atoms with van der Waals surface area (Å²) >= 11 is 5.05. The lowest BCUT2D eigenvalue weighted by molar-refractivity contribution is -0.384. The van der Waals surface area contributed by atoms with E-state index in [9.17, 15) is 10.1 Å². The van der Waals surface area contributed by atoms with E-state index in [1.165, 1.54) is 30.6 Å². The van der Waals surface area contributed by atoms with Crippen LogP contribution in [0.15, 0.2) is 39.1 Å². The van der Waals surface area contributed by atoms with Crippen LogP contribution in [0.5, 0.6) is 0 Å². The van der Waals surface area contributed by atoms with Crippen LogP contribution in [0.1, 0.15) is 39.0 Å². The van der Waals surface area contributed by atoms with Crippen LogP contribution in [0.3, 0.4) is 0 Å². The van der Waals surface area contributed by atoms with Gasteiger partial charge in [-0.25, -0.2) is 0 Å². The van der Waals surface area contributed by atoms with Crippen LogP contribution in [0, 0.1) is 10.1 Å². The first-order chi connectivity index (χ1) is 9.17. The highest BCUT2D eigenvalue weighted by atomic mass is 79.9. The molecule has 19 heavy (non-hydrogen) atoms. The number of allylic oxidation sites excluding steroid dienone is 1. The van der Waals surface area contributed by atoms with Crippen molar-refractivity contribution < 1.29 is 4.92 Å². The third kappa shape index (κ3) is 6.25. The summed E-state index contributed by atoms with van der Waals surface area (Å²) in [5.74, 6) is 0. The summed E-state index contributed by atoms with van der Waals surface area (Å²) in [7, 11) is 0. The monoisotopic (exact) mass is 343 g/mol. The number of thioether (sulfide) groups is 1. The molecule has 0 unspecified atom stereocenters. The Kier molecular flexibility index (Phi) is 7.82. The molecule has 0 saturated carbocycles. The number of nitro benzene ring substituents is 1. The van der Waals surface area contributed by atoms with Crippen LogP contribution < -0.4 is 0 Å². The largest absolute Gasteiger partial charge is 0.269 e. The van der Waals surface area contributed by atoms with Gasteiger partial charge in [-0.2, -0.15) is 0 Å². The van der Waals surface area contributed by atoms with Crippen LogP contribution in [0.25, 0.3) is 0 Å². The normalized spacial score (nSPS) is 11.6. The first-order valence-electron chi connectivity index (χ1n) is 6.39. The molecule has 0 heterocycles. The zero-order valence-corrected chi connectivity index (χ0v) is 13.4. The van der Waals surface area contributed by atoms with Gasteiger partial charge in [0.25, 0.3) is 5.69 Å². The maximum Gasteiger partial charge on any atom is 0.269 e. The lowest BCUT2D eigenvalue weighted by Gasteiger charge is -2.06. The van der Waals surface area contributed by atoms with Crippen molar-refractivity contribution in [3.63, 3.8) is 0 Å². The topological polar surface area (TPSA) is 43.1 Å². The first-order valence-corrected chi connectivity index (χ1v) is 8.12. The molecular formula is C14H18BrNO2S. The molecule has 0 spiro atoms. The molecule has 0 N–H and O–H groups in total. The van der Waals surface area contributed by atoms with E-state index in [0.29, 0.717) is 0 Å². The van der Waals surface area contributed by atoms with Crippen molar-refractivity contribution in [2.45, 2.75) is 43.9 Å². The fourth-order valence-corrected chi connectivity index (χ4v) is 3.02. The van der Waals surface area contributed by atoms with Crippen molar-refractivity contribution in [3.05, 3.63) is 44.3 Å². The van der Waals surface area contributed by atoms with Gasteiger partial charge in [0.2, 0.25) is 0 Å². The van der Waals surface area contributed by atoms with Crippen molar-refractivity contribution in [1.29, 1.82) is 0 Å². The summed E-state index contributed by atoms with van der Waals surface area (Å²) in [6.45, 7) is 2.20. The Labute approximate surface area is 126 Å². The lowest BCUT2D eigenvalue weighted by atomic mass is 10.1. The zero-order valence-electron chi connectivity index (χ0n) is 11.0. The van der Waals surface area contributed by atoms with Gasteiger partial charge in [0.1, 0.15) is 0 Å². The Balaban J connectivity index is 2.49. The number of halogens is 1. The maximum absolute atomic E-state index is 10.6. The highest BCUT2D eigenvalue weighted by Gasteiger charge is 2.06. The Morgan fingerprint density at radius 2 is 2.00 bits per heavy atom. The molecule has 0 atom stereocenters. The molecule has 104 valence electrons. The average molecular weight is 344 g/mol. The summed E-state index contributed by atoms with van der Waals surface area (Å²) in [5, 5.41) is 10.6. The molecule has 0 aliphatic rings. The fourth-order valence-electron chi connectivity index (χ4n) is 1.64. The minimum Gasteiger partial charge on any atom is -0.258 e. The Hall–Kier alpha value is -0.810. The number of rotatable bonds is 8. The second-order valence-electron chi connectivity index (χ2n) is 4.24. The van der Waals surface area contributed by atoms with E-state index in [4.69, 9.17) is 0 Å². The van der Waals surface area contributed by atoms with Gasteiger partial charge < -0.3 is 0 Å². The van der Waals surface area contributed by atoms with E-state index in [1.54, 1.807) is 36.0 Å². The van der Waals surface area contributed by atoms with Crippen LogP contribution >= 0.6 is 27.7 Å². The molecule has 5 heteroatoms. The molecule has 1 rings (SSSR count). The van der Waals surface area contributed by atoms with Crippen LogP contribution in [-0.2, 0) is 0 Å². The van der Waals surface area contributed by atoms with Crippen LogP contribution in [0.2, 0.25) is 0 Å². The summed E-state index contributed by atoms with van der Waals surface area (Å²) in [6.07, 6.45) is 6.00. The third-order valence-electron chi connectivity index (χ3n) is 2.69. The van der Waals surface area contributed by atoms with E-state index in [1.807, 2.05) is 4.99 Å². The van der Waals surface area contributed by atoms with Crippen molar-refractivity contribution >= 4 is 33.4 Å². The van der Waals surface area contributed by atoms with Gasteiger partial charge in [-0.1, -0.05) is 53.9 Å². The van der Waals surface area contributed by atoms with Gasteiger partial charge in [0.05, 0.1) is 4.92 Å². The number of benzene rings is 1. The van der Waals surface area contributed by atoms with E-state index >= 15 is 0 Å². The number of nitro groups is 1. The van der Waals surface area contributed by atoms with Gasteiger partial charge in [-0.3, -0.25) is 10.1 Å². The molecule has 0 amide bonds. The summed E-state index contributed by atoms with van der Waals surface area (Å²) in [6, 6.07) is 6.69. The van der Waals surface area contributed by atoms with Gasteiger partial charge >= 0.3 is 0 Å². The number of non-ortho nitro benzene ring substituents is 1. The molecule has 0 aliphatic carbocycles. The summed E-state index contributed by atoms with van der Waals surface area (Å²) in [5.41, 5.74) is 0.136. The van der Waals surface area contributed by atoms with Gasteiger partial charge in [-0.05, 0) is 34.9 Å². The predicted molar refractivity (Wildman–Crippen MR) is 84.7 cm³/mol. The zero-order chi connectivity index (χ0) is 14.1. The first kappa shape index (κ1) is 16.2. The highest BCUT2D eigenvalue weighted by molar-refractivity contribution is 9.11. The number of nitrogens with zero attached hydrogens (tertiary/aromatic N) is 1. The fraction of sp³-hybridized carbons (Fsp3) is 0.429. The number of unbranched alkanes of at least 4 members (excludes halogenated alkanes) is 3. The van der Waals surface area contributed by atoms with Crippen LogP contribution in [-0.4, -0.2) is 4.92 Å². The number of hydrogen-bond acceptors (Lipinski definition) is 3. The molecule has 0 saturated heterocycles. The Morgan fingerprint density at radius 3 is 2.53 bits per heavy atom. The highest BCUT2D eigenvalue weighted by Crippen LogP contribution is 2.32. The van der Waals surface area contributed by atoms with Gasteiger partial charge in [0.15, 0.2) is 0 Å². The Bertz CT molecular complexity index is 432. The molecule has 0 fully saturated rings. The minimum absolute atomic E-state index is 0.136. The minimum atomic E-state index is -0.375. The maximum atomic E-state index is 10.6. The standard InChI is InChI=1S/C14H18BrNO2S/c1-2-3-4-5-6-14(11-15)19-13-9-7-12(8-10-13)16(17)18/h7-11H,2-6H2,1H3/b14-11+. The predicted octanol–water partition coefficient (Wildman–Crippen LogP) is 5.89. The van der Waals surface area contributed by atoms with E-state index in [2.05, 4.69) is 22.9 Å². The van der Waals surface area contributed by atoms with Gasteiger partial charge in [-0.15, -0.1) is 0 Å². The van der Waals surface area contributed by atoms with Crippen molar-refractivity contribution in [2.24, 2.45) is 0 Å². The summed E-state index contributed by atoms with van der Waals surface area (Å²) in [4.78, 5) is 14.4. The van der Waals surface area contributed by atoms with Crippen molar-refractivity contribution in [1.82, 2.24) is 0 Å². The van der Waals surface area contributed by atoms with Crippen LogP contribution in [0.4, 0.5) is 5.69 Å². The quantitative estimate of drug-likeness (QED) is 0.255. The lowest BCUT2D eigenvalue weighted by Crippen LogP contribution is -1.87. The van der Waals surface area contributed by atoms with Crippen molar-refractivity contribution in [3.8, 4) is 0 Å².